The Morgan fingerprint density at radius 1 is 1.09 bits per heavy atom. The van der Waals surface area contributed by atoms with Gasteiger partial charge in [0.1, 0.15) is 23.6 Å². The molecule has 1 aliphatic heterocycles. The highest BCUT2D eigenvalue weighted by Crippen LogP contribution is 2.32. The first-order chi connectivity index (χ1) is 16.9. The Labute approximate surface area is 203 Å². The summed E-state index contributed by atoms with van der Waals surface area (Å²) in [6.45, 7) is 5.70. The highest BCUT2D eigenvalue weighted by atomic mass is 19.1. The SMILES string of the molecule is CC(CCN(C)CCC1Nc2cccc(F)c2N1)=Nc1c(C)ncnc1NCc1ncccc1F. The number of anilines is 3. The molecule has 3 N–H and O–H groups in total. The number of halogens is 2. The van der Waals surface area contributed by atoms with Crippen LogP contribution >= 0.6 is 0 Å². The molecule has 1 atom stereocenters. The Bertz CT molecular complexity index is 1200. The summed E-state index contributed by atoms with van der Waals surface area (Å²) in [5, 5.41) is 9.66. The molecule has 1 aromatic carbocycles. The minimum atomic E-state index is -0.368. The lowest BCUT2D eigenvalue weighted by Crippen LogP contribution is -2.30. The number of aliphatic imine (C=N–C) groups is 1. The average molecular weight is 481 g/mol. The van der Waals surface area contributed by atoms with Crippen LogP contribution in [-0.4, -0.2) is 51.9 Å². The fourth-order valence-corrected chi connectivity index (χ4v) is 3.84. The molecule has 0 saturated heterocycles. The number of para-hydroxylation sites is 1. The number of rotatable bonds is 10. The van der Waals surface area contributed by atoms with Gasteiger partial charge in [0.05, 0.1) is 35.5 Å². The predicted octanol–water partition coefficient (Wildman–Crippen LogP) is 4.74. The van der Waals surface area contributed by atoms with Crippen LogP contribution in [0.5, 0.6) is 0 Å². The molecule has 0 aliphatic carbocycles. The molecule has 0 radical (unpaired) electrons. The van der Waals surface area contributed by atoms with Crippen LogP contribution in [0.4, 0.5) is 31.7 Å². The second-order valence-corrected chi connectivity index (χ2v) is 8.63. The van der Waals surface area contributed by atoms with Crippen LogP contribution < -0.4 is 16.0 Å². The van der Waals surface area contributed by atoms with Crippen molar-refractivity contribution in [3.05, 3.63) is 65.9 Å². The molecule has 10 heteroatoms. The molecular formula is C25H30F2N8. The third kappa shape index (κ3) is 6.27. The lowest BCUT2D eigenvalue weighted by atomic mass is 10.2. The second-order valence-electron chi connectivity index (χ2n) is 8.63. The van der Waals surface area contributed by atoms with Gasteiger partial charge in [0.2, 0.25) is 0 Å². The van der Waals surface area contributed by atoms with Gasteiger partial charge in [-0.3, -0.25) is 9.98 Å². The predicted molar refractivity (Wildman–Crippen MR) is 135 cm³/mol. The van der Waals surface area contributed by atoms with Gasteiger partial charge in [0.25, 0.3) is 0 Å². The quantitative estimate of drug-likeness (QED) is 0.361. The molecule has 0 bridgehead atoms. The Morgan fingerprint density at radius 2 is 1.91 bits per heavy atom. The summed E-state index contributed by atoms with van der Waals surface area (Å²) < 4.78 is 27.8. The molecule has 35 heavy (non-hydrogen) atoms. The maximum Gasteiger partial charge on any atom is 0.155 e. The first-order valence-corrected chi connectivity index (χ1v) is 11.6. The summed E-state index contributed by atoms with van der Waals surface area (Å²) in [6.07, 6.45) is 4.61. The molecule has 4 rings (SSSR count). The van der Waals surface area contributed by atoms with Crippen LogP contribution in [0.1, 0.15) is 31.2 Å². The van der Waals surface area contributed by atoms with Gasteiger partial charge in [0.15, 0.2) is 5.82 Å². The second kappa shape index (κ2) is 11.2. The van der Waals surface area contributed by atoms with Crippen LogP contribution in [0.15, 0.2) is 47.8 Å². The van der Waals surface area contributed by atoms with Crippen molar-refractivity contribution in [3.63, 3.8) is 0 Å². The zero-order valence-electron chi connectivity index (χ0n) is 20.1. The topological polar surface area (TPSA) is 90.4 Å². The molecule has 0 fully saturated rings. The van der Waals surface area contributed by atoms with Gasteiger partial charge >= 0.3 is 0 Å². The molecule has 184 valence electrons. The van der Waals surface area contributed by atoms with Crippen molar-refractivity contribution in [3.8, 4) is 0 Å². The Hall–Kier alpha value is -3.66. The van der Waals surface area contributed by atoms with E-state index in [1.165, 1.54) is 18.5 Å². The van der Waals surface area contributed by atoms with Crippen LogP contribution in [0, 0.1) is 18.6 Å². The van der Waals surface area contributed by atoms with Gasteiger partial charge in [0, 0.05) is 25.0 Å². The fraction of sp³-hybridized carbons (Fsp3) is 0.360. The molecule has 0 spiro atoms. The van der Waals surface area contributed by atoms with Crippen LogP contribution in [0.2, 0.25) is 0 Å². The summed E-state index contributed by atoms with van der Waals surface area (Å²) in [5.74, 6) is -0.0654. The van der Waals surface area contributed by atoms with Crippen molar-refractivity contribution in [2.75, 3.05) is 36.1 Å². The van der Waals surface area contributed by atoms with E-state index in [4.69, 9.17) is 4.99 Å². The molecule has 1 aliphatic rings. The maximum atomic E-state index is 13.9. The summed E-state index contributed by atoms with van der Waals surface area (Å²) in [7, 11) is 2.06. The minimum Gasteiger partial charge on any atom is -0.364 e. The highest BCUT2D eigenvalue weighted by Gasteiger charge is 2.22. The van der Waals surface area contributed by atoms with Gasteiger partial charge in [-0.1, -0.05) is 6.07 Å². The monoisotopic (exact) mass is 480 g/mol. The van der Waals surface area contributed by atoms with Gasteiger partial charge < -0.3 is 20.9 Å². The molecule has 0 saturated carbocycles. The zero-order chi connectivity index (χ0) is 24.8. The third-order valence-corrected chi connectivity index (χ3v) is 5.88. The van der Waals surface area contributed by atoms with Crippen molar-refractivity contribution in [1.82, 2.24) is 19.9 Å². The Kier molecular flexibility index (Phi) is 7.81. The van der Waals surface area contributed by atoms with Gasteiger partial charge in [-0.05, 0) is 58.0 Å². The maximum absolute atomic E-state index is 13.9. The Balaban J connectivity index is 1.29. The van der Waals surface area contributed by atoms with E-state index in [1.54, 1.807) is 18.3 Å². The molecule has 1 unspecified atom stereocenters. The van der Waals surface area contributed by atoms with Crippen molar-refractivity contribution < 1.29 is 8.78 Å². The smallest absolute Gasteiger partial charge is 0.155 e. The summed E-state index contributed by atoms with van der Waals surface area (Å²) in [6, 6.07) is 7.98. The molecule has 3 aromatic rings. The third-order valence-electron chi connectivity index (χ3n) is 5.88. The van der Waals surface area contributed by atoms with Crippen molar-refractivity contribution in [2.24, 2.45) is 4.99 Å². The van der Waals surface area contributed by atoms with E-state index >= 15 is 0 Å². The number of benzene rings is 1. The zero-order valence-corrected chi connectivity index (χ0v) is 20.1. The van der Waals surface area contributed by atoms with E-state index in [-0.39, 0.29) is 24.3 Å². The number of aryl methyl sites for hydroxylation is 1. The van der Waals surface area contributed by atoms with Crippen molar-refractivity contribution in [1.29, 1.82) is 0 Å². The van der Waals surface area contributed by atoms with Crippen LogP contribution in [-0.2, 0) is 6.54 Å². The number of hydrogen-bond acceptors (Lipinski definition) is 8. The van der Waals surface area contributed by atoms with E-state index in [1.807, 2.05) is 19.9 Å². The standard InChI is InChI=1S/C25H30F2N8/c1-16(9-12-35(3)13-10-22-33-20-8-4-6-19(27)24(20)34-22)32-23-17(2)30-15-31-25(23)29-14-21-18(26)7-5-11-28-21/h4-8,11,15,22,33-34H,9-10,12-14H2,1-3H3,(H,29,30,31). The van der Waals surface area contributed by atoms with E-state index in [9.17, 15) is 8.78 Å². The van der Waals surface area contributed by atoms with Gasteiger partial charge in [-0.15, -0.1) is 0 Å². The summed E-state index contributed by atoms with van der Waals surface area (Å²) in [4.78, 5) is 19.6. The molecule has 2 aromatic heterocycles. The number of nitrogens with one attached hydrogen (secondary N) is 3. The number of hydrogen-bond donors (Lipinski definition) is 3. The number of nitrogens with zero attached hydrogens (tertiary/aromatic N) is 5. The van der Waals surface area contributed by atoms with Crippen LogP contribution in [0.25, 0.3) is 0 Å². The van der Waals surface area contributed by atoms with Gasteiger partial charge in [-0.2, -0.15) is 0 Å². The summed E-state index contributed by atoms with van der Waals surface area (Å²) in [5.41, 5.74) is 3.97. The largest absolute Gasteiger partial charge is 0.364 e. The van der Waals surface area contributed by atoms with Crippen LogP contribution in [0.3, 0.4) is 0 Å². The van der Waals surface area contributed by atoms with Crippen molar-refractivity contribution >= 4 is 28.6 Å². The molecule has 8 nitrogen and oxygen atoms in total. The number of fused-ring (bicyclic) bond motifs is 1. The lowest BCUT2D eigenvalue weighted by Gasteiger charge is -2.20. The van der Waals surface area contributed by atoms with E-state index in [2.05, 4.69) is 42.8 Å². The summed E-state index contributed by atoms with van der Waals surface area (Å²) >= 11 is 0. The normalized spacial score (nSPS) is 15.0. The molecular weight excluding hydrogens is 450 g/mol. The van der Waals surface area contributed by atoms with E-state index in [0.717, 1.165) is 43.0 Å². The fourth-order valence-electron chi connectivity index (χ4n) is 3.84. The first-order valence-electron chi connectivity index (χ1n) is 11.6. The number of aromatic nitrogens is 3. The molecule has 3 heterocycles. The Morgan fingerprint density at radius 3 is 2.71 bits per heavy atom. The highest BCUT2D eigenvalue weighted by molar-refractivity contribution is 5.86. The van der Waals surface area contributed by atoms with E-state index < -0.39 is 0 Å². The number of pyridine rings is 1. The first kappa shape index (κ1) is 24.5. The van der Waals surface area contributed by atoms with Crippen molar-refractivity contribution in [2.45, 2.75) is 39.4 Å². The molecule has 0 amide bonds. The minimum absolute atomic E-state index is 0.000745. The lowest BCUT2D eigenvalue weighted by molar-refractivity contribution is 0.334. The average Bonchev–Trinajstić information content (AvgIpc) is 3.27. The van der Waals surface area contributed by atoms with E-state index in [0.29, 0.717) is 22.9 Å². The van der Waals surface area contributed by atoms with Gasteiger partial charge in [-0.25, -0.2) is 18.7 Å².